The van der Waals surface area contributed by atoms with Gasteiger partial charge in [0, 0.05) is 6.42 Å². The van der Waals surface area contributed by atoms with Crippen molar-refractivity contribution in [2.75, 3.05) is 7.11 Å². The molecule has 20 heavy (non-hydrogen) atoms. The van der Waals surface area contributed by atoms with E-state index in [4.69, 9.17) is 4.74 Å². The van der Waals surface area contributed by atoms with Gasteiger partial charge in [0.05, 0.1) is 12.7 Å². The third-order valence-corrected chi connectivity index (χ3v) is 3.60. The number of hydrogen-bond donors (Lipinski definition) is 0. The molecule has 0 spiro atoms. The minimum Gasteiger partial charge on any atom is -0.496 e. The third kappa shape index (κ3) is 3.27. The molecule has 0 aliphatic carbocycles. The van der Waals surface area contributed by atoms with Crippen LogP contribution in [0, 0.1) is 0 Å². The summed E-state index contributed by atoms with van der Waals surface area (Å²) in [5, 5.41) is 0. The monoisotopic (exact) mass is 268 g/mol. The Morgan fingerprint density at radius 2 is 1.70 bits per heavy atom. The fraction of sp³-hybridized carbons (Fsp3) is 0.278. The molecule has 0 aromatic heterocycles. The van der Waals surface area contributed by atoms with Crippen LogP contribution in [0.15, 0.2) is 54.6 Å². The van der Waals surface area contributed by atoms with Crippen LogP contribution >= 0.6 is 0 Å². The number of benzene rings is 2. The highest BCUT2D eigenvalue weighted by atomic mass is 16.5. The van der Waals surface area contributed by atoms with Crippen LogP contribution in [0.3, 0.4) is 0 Å². The quantitative estimate of drug-likeness (QED) is 0.723. The highest BCUT2D eigenvalue weighted by Gasteiger charge is 2.18. The first-order valence-corrected chi connectivity index (χ1v) is 6.97. The number of rotatable bonds is 6. The van der Waals surface area contributed by atoms with Crippen LogP contribution in [0.2, 0.25) is 0 Å². The van der Waals surface area contributed by atoms with Gasteiger partial charge < -0.3 is 4.74 Å². The van der Waals surface area contributed by atoms with Crippen LogP contribution < -0.4 is 4.74 Å². The Bertz CT molecular complexity index is 561. The molecule has 0 saturated heterocycles. The molecule has 2 rings (SSSR count). The molecule has 2 aromatic rings. The van der Waals surface area contributed by atoms with E-state index in [-0.39, 0.29) is 11.7 Å². The van der Waals surface area contributed by atoms with Gasteiger partial charge in [-0.05, 0) is 30.0 Å². The lowest BCUT2D eigenvalue weighted by Gasteiger charge is -2.15. The average Bonchev–Trinajstić information content (AvgIpc) is 2.53. The Hall–Kier alpha value is -2.09. The molecule has 0 aliphatic rings. The fourth-order valence-electron chi connectivity index (χ4n) is 2.43. The predicted octanol–water partition coefficient (Wildman–Crippen LogP) is 4.46. The zero-order valence-corrected chi connectivity index (χ0v) is 12.0. The maximum atomic E-state index is 12.5. The first-order valence-electron chi connectivity index (χ1n) is 6.97. The van der Waals surface area contributed by atoms with Crippen LogP contribution in [-0.2, 0) is 0 Å². The Morgan fingerprint density at radius 3 is 2.35 bits per heavy atom. The molecule has 0 saturated carbocycles. The highest BCUT2D eigenvalue weighted by molar-refractivity contribution is 5.99. The summed E-state index contributed by atoms with van der Waals surface area (Å²) in [4.78, 5) is 12.5. The van der Waals surface area contributed by atoms with Crippen molar-refractivity contribution in [3.63, 3.8) is 0 Å². The zero-order chi connectivity index (χ0) is 14.4. The molecule has 0 radical (unpaired) electrons. The molecule has 0 aliphatic heterocycles. The standard InChI is InChI=1S/C18H20O2/c1-3-14(15-9-5-4-6-10-15)13-17(19)16-11-7-8-12-18(16)20-2/h4-12,14H,3,13H2,1-2H3/t14-/m1/s1. The first kappa shape index (κ1) is 14.3. The highest BCUT2D eigenvalue weighted by Crippen LogP contribution is 2.27. The third-order valence-electron chi connectivity index (χ3n) is 3.60. The minimum absolute atomic E-state index is 0.137. The van der Waals surface area contributed by atoms with Crippen LogP contribution in [0.25, 0.3) is 0 Å². The maximum absolute atomic E-state index is 12.5. The summed E-state index contributed by atoms with van der Waals surface area (Å²) >= 11 is 0. The number of carbonyl (C=O) groups is 1. The van der Waals surface area contributed by atoms with Gasteiger partial charge in [0.15, 0.2) is 5.78 Å². The summed E-state index contributed by atoms with van der Waals surface area (Å²) in [6, 6.07) is 17.6. The van der Waals surface area contributed by atoms with E-state index < -0.39 is 0 Å². The van der Waals surface area contributed by atoms with Gasteiger partial charge in [0.1, 0.15) is 5.75 Å². The van der Waals surface area contributed by atoms with E-state index >= 15 is 0 Å². The number of para-hydroxylation sites is 1. The van der Waals surface area contributed by atoms with Crippen molar-refractivity contribution in [1.82, 2.24) is 0 Å². The summed E-state index contributed by atoms with van der Waals surface area (Å²) in [5.74, 6) is 1.05. The zero-order valence-electron chi connectivity index (χ0n) is 12.0. The second-order valence-corrected chi connectivity index (χ2v) is 4.84. The lowest BCUT2D eigenvalue weighted by atomic mass is 9.89. The smallest absolute Gasteiger partial charge is 0.167 e. The van der Waals surface area contributed by atoms with Crippen LogP contribution in [0.5, 0.6) is 5.75 Å². The molecule has 2 aromatic carbocycles. The SMILES string of the molecule is CC[C@H](CC(=O)c1ccccc1OC)c1ccccc1. The van der Waals surface area contributed by atoms with Gasteiger partial charge in [-0.15, -0.1) is 0 Å². The molecule has 0 fully saturated rings. The van der Waals surface area contributed by atoms with E-state index in [1.165, 1.54) is 5.56 Å². The normalized spacial score (nSPS) is 11.9. The molecule has 1 atom stereocenters. The molecular weight excluding hydrogens is 248 g/mol. The Labute approximate surface area is 120 Å². The van der Waals surface area contributed by atoms with E-state index in [0.29, 0.717) is 17.7 Å². The summed E-state index contributed by atoms with van der Waals surface area (Å²) in [6.07, 6.45) is 1.46. The molecule has 0 amide bonds. The minimum atomic E-state index is 0.137. The van der Waals surface area contributed by atoms with E-state index in [9.17, 15) is 4.79 Å². The van der Waals surface area contributed by atoms with Gasteiger partial charge in [-0.1, -0.05) is 49.4 Å². The fourth-order valence-corrected chi connectivity index (χ4v) is 2.43. The van der Waals surface area contributed by atoms with E-state index in [1.54, 1.807) is 7.11 Å². The predicted molar refractivity (Wildman–Crippen MR) is 81.4 cm³/mol. The Balaban J connectivity index is 2.18. The van der Waals surface area contributed by atoms with Crippen molar-refractivity contribution in [3.8, 4) is 5.75 Å². The number of carbonyl (C=O) groups excluding carboxylic acids is 1. The molecular formula is C18H20O2. The molecule has 0 heterocycles. The number of ketones is 1. The molecule has 0 unspecified atom stereocenters. The largest absolute Gasteiger partial charge is 0.496 e. The number of ether oxygens (including phenoxy) is 1. The van der Waals surface area contributed by atoms with Crippen molar-refractivity contribution < 1.29 is 9.53 Å². The van der Waals surface area contributed by atoms with E-state index in [1.807, 2.05) is 42.5 Å². The van der Waals surface area contributed by atoms with E-state index in [0.717, 1.165) is 6.42 Å². The van der Waals surface area contributed by atoms with Gasteiger partial charge in [0.25, 0.3) is 0 Å². The lowest BCUT2D eigenvalue weighted by Crippen LogP contribution is -2.08. The van der Waals surface area contributed by atoms with Gasteiger partial charge in [-0.25, -0.2) is 0 Å². The van der Waals surface area contributed by atoms with Crippen molar-refractivity contribution in [3.05, 3.63) is 65.7 Å². The van der Waals surface area contributed by atoms with Gasteiger partial charge in [-0.3, -0.25) is 4.79 Å². The number of Topliss-reactive ketones (excluding diaryl/α,β-unsaturated/α-hetero) is 1. The van der Waals surface area contributed by atoms with E-state index in [2.05, 4.69) is 19.1 Å². The van der Waals surface area contributed by atoms with Crippen molar-refractivity contribution in [1.29, 1.82) is 0 Å². The van der Waals surface area contributed by atoms with Crippen LogP contribution in [-0.4, -0.2) is 12.9 Å². The van der Waals surface area contributed by atoms with Crippen LogP contribution in [0.4, 0.5) is 0 Å². The molecule has 2 heteroatoms. The topological polar surface area (TPSA) is 26.3 Å². The molecule has 2 nitrogen and oxygen atoms in total. The van der Waals surface area contributed by atoms with Crippen molar-refractivity contribution in [2.24, 2.45) is 0 Å². The van der Waals surface area contributed by atoms with Gasteiger partial charge in [0.2, 0.25) is 0 Å². The average molecular weight is 268 g/mol. The molecule has 0 bridgehead atoms. The van der Waals surface area contributed by atoms with Crippen LogP contribution in [0.1, 0.15) is 41.6 Å². The Kier molecular flexibility index (Phi) is 4.94. The van der Waals surface area contributed by atoms with Gasteiger partial charge >= 0.3 is 0 Å². The number of hydrogen-bond acceptors (Lipinski definition) is 2. The van der Waals surface area contributed by atoms with Gasteiger partial charge in [-0.2, -0.15) is 0 Å². The summed E-state index contributed by atoms with van der Waals surface area (Å²) in [7, 11) is 1.60. The summed E-state index contributed by atoms with van der Waals surface area (Å²) < 4.78 is 5.27. The number of methoxy groups -OCH3 is 1. The lowest BCUT2D eigenvalue weighted by molar-refractivity contribution is 0.0970. The Morgan fingerprint density at radius 1 is 1.05 bits per heavy atom. The summed E-state index contributed by atoms with van der Waals surface area (Å²) in [5.41, 5.74) is 1.89. The second kappa shape index (κ2) is 6.90. The molecule has 104 valence electrons. The van der Waals surface area contributed by atoms with Crippen molar-refractivity contribution >= 4 is 5.78 Å². The second-order valence-electron chi connectivity index (χ2n) is 4.84. The maximum Gasteiger partial charge on any atom is 0.167 e. The molecule has 0 N–H and O–H groups in total. The first-order chi connectivity index (χ1) is 9.76. The summed E-state index contributed by atoms with van der Waals surface area (Å²) in [6.45, 7) is 2.12. The van der Waals surface area contributed by atoms with Crippen molar-refractivity contribution in [2.45, 2.75) is 25.7 Å².